The van der Waals surface area contributed by atoms with Crippen molar-refractivity contribution in [3.8, 4) is 0 Å². The molecule has 0 saturated heterocycles. The van der Waals surface area contributed by atoms with Gasteiger partial charge >= 0.3 is 0 Å². The van der Waals surface area contributed by atoms with Crippen molar-refractivity contribution in [2.45, 2.75) is 37.3 Å². The number of rotatable bonds is 6. The van der Waals surface area contributed by atoms with Crippen LogP contribution in [0.2, 0.25) is 0 Å². The van der Waals surface area contributed by atoms with E-state index in [2.05, 4.69) is 5.32 Å². The molecule has 0 bridgehead atoms. The number of sulfone groups is 1. The summed E-state index contributed by atoms with van der Waals surface area (Å²) in [6, 6.07) is 3.03. The number of nitrogen functional groups attached to an aromatic ring is 1. The standard InChI is InChI=1S/C14H21FN2O3S/c1-9(2)4-5-17-14(18)10(3)21(19,20)13-7-11(15)6-12(16)8-13/h6-10H,4-5,16H2,1-3H3,(H,17,18). The number of carbonyl (C=O) groups is 1. The largest absolute Gasteiger partial charge is 0.399 e. The minimum atomic E-state index is -3.97. The number of nitrogens with two attached hydrogens (primary N) is 1. The zero-order valence-electron chi connectivity index (χ0n) is 12.4. The SMILES string of the molecule is CC(C)CCNC(=O)C(C)S(=O)(=O)c1cc(N)cc(F)c1. The van der Waals surface area contributed by atoms with Crippen LogP contribution >= 0.6 is 0 Å². The maximum atomic E-state index is 13.3. The second kappa shape index (κ2) is 6.89. The zero-order valence-corrected chi connectivity index (χ0v) is 13.2. The van der Waals surface area contributed by atoms with E-state index >= 15 is 0 Å². The fraction of sp³-hybridized carbons (Fsp3) is 0.500. The van der Waals surface area contributed by atoms with Crippen LogP contribution in [0.4, 0.5) is 10.1 Å². The van der Waals surface area contributed by atoms with Gasteiger partial charge in [0, 0.05) is 12.2 Å². The third kappa shape index (κ3) is 4.70. The van der Waals surface area contributed by atoms with Crippen LogP contribution in [0.15, 0.2) is 23.1 Å². The van der Waals surface area contributed by atoms with E-state index in [1.807, 2.05) is 13.8 Å². The van der Waals surface area contributed by atoms with Gasteiger partial charge in [0.15, 0.2) is 9.84 Å². The third-order valence-electron chi connectivity index (χ3n) is 3.08. The van der Waals surface area contributed by atoms with E-state index in [0.717, 1.165) is 24.6 Å². The monoisotopic (exact) mass is 316 g/mol. The van der Waals surface area contributed by atoms with Crippen molar-refractivity contribution in [1.82, 2.24) is 5.32 Å². The molecule has 1 unspecified atom stereocenters. The molecule has 0 radical (unpaired) electrons. The van der Waals surface area contributed by atoms with E-state index in [-0.39, 0.29) is 10.6 Å². The normalized spacial score (nSPS) is 13.2. The van der Waals surface area contributed by atoms with Gasteiger partial charge in [0.25, 0.3) is 0 Å². The summed E-state index contributed by atoms with van der Waals surface area (Å²) in [4.78, 5) is 11.6. The molecule has 0 heterocycles. The number of halogens is 1. The van der Waals surface area contributed by atoms with E-state index in [1.54, 1.807) is 0 Å². The van der Waals surface area contributed by atoms with Crippen LogP contribution in [0.3, 0.4) is 0 Å². The van der Waals surface area contributed by atoms with Gasteiger partial charge in [-0.2, -0.15) is 0 Å². The Kier molecular flexibility index (Phi) is 5.71. The van der Waals surface area contributed by atoms with E-state index in [1.165, 1.54) is 6.92 Å². The quantitative estimate of drug-likeness (QED) is 0.782. The van der Waals surface area contributed by atoms with Gasteiger partial charge in [-0.15, -0.1) is 0 Å². The summed E-state index contributed by atoms with van der Waals surface area (Å²) in [6.07, 6.45) is 0.755. The highest BCUT2D eigenvalue weighted by Gasteiger charge is 2.30. The molecule has 1 aromatic carbocycles. The molecule has 0 aliphatic heterocycles. The maximum Gasteiger partial charge on any atom is 0.238 e. The van der Waals surface area contributed by atoms with Gasteiger partial charge < -0.3 is 11.1 Å². The van der Waals surface area contributed by atoms with Crippen molar-refractivity contribution in [3.63, 3.8) is 0 Å². The van der Waals surface area contributed by atoms with Crippen LogP contribution in [0.25, 0.3) is 0 Å². The number of nitrogens with one attached hydrogen (secondary N) is 1. The molecular formula is C14H21FN2O3S. The lowest BCUT2D eigenvalue weighted by molar-refractivity contribution is -0.120. The number of anilines is 1. The lowest BCUT2D eigenvalue weighted by atomic mass is 10.1. The van der Waals surface area contributed by atoms with E-state index in [4.69, 9.17) is 5.73 Å². The first-order chi connectivity index (χ1) is 9.64. The average Bonchev–Trinajstić information content (AvgIpc) is 2.36. The second-order valence-corrected chi connectivity index (χ2v) is 7.65. The van der Waals surface area contributed by atoms with Gasteiger partial charge in [0.1, 0.15) is 11.1 Å². The topological polar surface area (TPSA) is 89.3 Å². The average molecular weight is 316 g/mol. The number of amides is 1. The number of benzene rings is 1. The van der Waals surface area contributed by atoms with Crippen LogP contribution in [-0.4, -0.2) is 26.1 Å². The Morgan fingerprint density at radius 1 is 1.29 bits per heavy atom. The number of hydrogen-bond donors (Lipinski definition) is 2. The van der Waals surface area contributed by atoms with Crippen LogP contribution < -0.4 is 11.1 Å². The van der Waals surface area contributed by atoms with Gasteiger partial charge in [-0.3, -0.25) is 4.79 Å². The van der Waals surface area contributed by atoms with E-state index < -0.39 is 26.8 Å². The molecule has 21 heavy (non-hydrogen) atoms. The first-order valence-electron chi connectivity index (χ1n) is 6.72. The summed E-state index contributed by atoms with van der Waals surface area (Å²) in [6.45, 7) is 5.69. The summed E-state index contributed by atoms with van der Waals surface area (Å²) in [5.74, 6) is -0.945. The van der Waals surface area contributed by atoms with Gasteiger partial charge in [0.05, 0.1) is 4.90 Å². The molecule has 0 spiro atoms. The van der Waals surface area contributed by atoms with E-state index in [0.29, 0.717) is 12.5 Å². The Morgan fingerprint density at radius 3 is 2.43 bits per heavy atom. The van der Waals surface area contributed by atoms with Gasteiger partial charge in [0.2, 0.25) is 5.91 Å². The lowest BCUT2D eigenvalue weighted by Crippen LogP contribution is -2.38. The minimum Gasteiger partial charge on any atom is -0.399 e. The maximum absolute atomic E-state index is 13.3. The number of hydrogen-bond acceptors (Lipinski definition) is 4. The Labute approximate surface area is 124 Å². The highest BCUT2D eigenvalue weighted by atomic mass is 32.2. The van der Waals surface area contributed by atoms with Crippen molar-refractivity contribution in [3.05, 3.63) is 24.0 Å². The molecule has 5 nitrogen and oxygen atoms in total. The molecule has 1 amide bonds. The Balaban J connectivity index is 2.88. The molecule has 0 fully saturated rings. The molecule has 1 atom stereocenters. The van der Waals surface area contributed by atoms with Crippen LogP contribution in [0.1, 0.15) is 27.2 Å². The molecule has 1 aromatic rings. The molecule has 3 N–H and O–H groups in total. The lowest BCUT2D eigenvalue weighted by Gasteiger charge is -2.14. The van der Waals surface area contributed by atoms with Gasteiger partial charge in [-0.25, -0.2) is 12.8 Å². The third-order valence-corrected chi connectivity index (χ3v) is 5.12. The first-order valence-corrected chi connectivity index (χ1v) is 8.27. The van der Waals surface area contributed by atoms with Crippen molar-refractivity contribution < 1.29 is 17.6 Å². The van der Waals surface area contributed by atoms with Crippen LogP contribution in [0, 0.1) is 11.7 Å². The molecule has 0 aliphatic carbocycles. The molecule has 7 heteroatoms. The molecule has 0 saturated carbocycles. The predicted octanol–water partition coefficient (Wildman–Crippen LogP) is 1.73. The summed E-state index contributed by atoms with van der Waals surface area (Å²) < 4.78 is 37.9. The summed E-state index contributed by atoms with van der Waals surface area (Å²) >= 11 is 0. The molecule has 0 aromatic heterocycles. The van der Waals surface area contributed by atoms with Crippen molar-refractivity contribution in [2.75, 3.05) is 12.3 Å². The van der Waals surface area contributed by atoms with Crippen molar-refractivity contribution in [1.29, 1.82) is 0 Å². The Morgan fingerprint density at radius 2 is 1.90 bits per heavy atom. The molecule has 1 rings (SSSR count). The summed E-state index contributed by atoms with van der Waals surface area (Å²) in [7, 11) is -3.97. The van der Waals surface area contributed by atoms with Gasteiger partial charge in [-0.05, 0) is 37.5 Å². The minimum absolute atomic E-state index is 0.000918. The smallest absolute Gasteiger partial charge is 0.238 e. The molecule has 118 valence electrons. The fourth-order valence-corrected chi connectivity index (χ4v) is 3.07. The van der Waals surface area contributed by atoms with Gasteiger partial charge in [-0.1, -0.05) is 13.8 Å². The van der Waals surface area contributed by atoms with Crippen molar-refractivity contribution >= 4 is 21.4 Å². The van der Waals surface area contributed by atoms with Crippen LogP contribution in [-0.2, 0) is 14.6 Å². The second-order valence-electron chi connectivity index (χ2n) is 5.38. The highest BCUT2D eigenvalue weighted by Crippen LogP contribution is 2.20. The van der Waals surface area contributed by atoms with E-state index in [9.17, 15) is 17.6 Å². The number of carbonyl (C=O) groups excluding carboxylic acids is 1. The molecular weight excluding hydrogens is 295 g/mol. The first kappa shape index (κ1) is 17.4. The zero-order chi connectivity index (χ0) is 16.2. The van der Waals surface area contributed by atoms with Crippen molar-refractivity contribution in [2.24, 2.45) is 5.92 Å². The van der Waals surface area contributed by atoms with Crippen LogP contribution in [0.5, 0.6) is 0 Å². The fourth-order valence-electron chi connectivity index (χ4n) is 1.72. The summed E-state index contributed by atoms with van der Waals surface area (Å²) in [5, 5.41) is 1.28. The predicted molar refractivity (Wildman–Crippen MR) is 79.9 cm³/mol. The Bertz CT molecular complexity index is 594. The highest BCUT2D eigenvalue weighted by molar-refractivity contribution is 7.92. The summed E-state index contributed by atoms with van der Waals surface area (Å²) in [5.41, 5.74) is 5.44. The Hall–Kier alpha value is -1.63. The molecule has 0 aliphatic rings.